The molecule has 2 aliphatic rings. The van der Waals surface area contributed by atoms with Crippen LogP contribution >= 0.6 is 0 Å². The number of benzene rings is 2. The predicted octanol–water partition coefficient (Wildman–Crippen LogP) is 4.52. The van der Waals surface area contributed by atoms with Crippen LogP contribution in [0.15, 0.2) is 66.9 Å². The summed E-state index contributed by atoms with van der Waals surface area (Å²) in [5, 5.41) is 10.0. The third-order valence-corrected chi connectivity index (χ3v) is 7.30. The van der Waals surface area contributed by atoms with Gasteiger partial charge in [-0.25, -0.2) is 4.79 Å². The Morgan fingerprint density at radius 2 is 1.76 bits per heavy atom. The Morgan fingerprint density at radius 1 is 1.03 bits per heavy atom. The number of aromatic nitrogens is 1. The number of carboxylic acid groups (broad SMARTS) is 1. The van der Waals surface area contributed by atoms with Crippen LogP contribution in [0.25, 0.3) is 0 Å². The lowest BCUT2D eigenvalue weighted by Gasteiger charge is -2.41. The molecule has 2 aromatic carbocycles. The zero-order valence-electron chi connectivity index (χ0n) is 19.4. The fourth-order valence-electron chi connectivity index (χ4n) is 5.50. The van der Waals surface area contributed by atoms with Gasteiger partial charge in [0.05, 0.1) is 17.8 Å². The number of hydrogen-bond acceptors (Lipinski definition) is 4. The first kappa shape index (κ1) is 22.6. The van der Waals surface area contributed by atoms with Crippen molar-refractivity contribution in [3.63, 3.8) is 0 Å². The van der Waals surface area contributed by atoms with Crippen molar-refractivity contribution in [3.8, 4) is 0 Å². The maximum atomic E-state index is 12.2. The van der Waals surface area contributed by atoms with Crippen LogP contribution in [-0.2, 0) is 32.5 Å². The molecule has 6 heteroatoms. The molecule has 0 bridgehead atoms. The first-order valence-electron chi connectivity index (χ1n) is 12.1. The monoisotopic (exact) mass is 456 g/mol. The largest absolute Gasteiger partial charge is 0.465 e. The molecule has 2 unspecified atom stereocenters. The summed E-state index contributed by atoms with van der Waals surface area (Å²) >= 11 is 0. The van der Waals surface area contributed by atoms with Crippen molar-refractivity contribution in [2.45, 2.75) is 57.4 Å². The van der Waals surface area contributed by atoms with E-state index in [1.165, 1.54) is 16.7 Å². The van der Waals surface area contributed by atoms with Gasteiger partial charge < -0.3 is 10.8 Å². The molecule has 3 aromatic rings. The smallest absolute Gasteiger partial charge is 0.407 e. The van der Waals surface area contributed by atoms with Crippen molar-refractivity contribution in [2.24, 2.45) is 5.73 Å². The first-order valence-corrected chi connectivity index (χ1v) is 12.1. The van der Waals surface area contributed by atoms with E-state index in [9.17, 15) is 9.90 Å². The normalized spacial score (nSPS) is 19.5. The molecule has 176 valence electrons. The van der Waals surface area contributed by atoms with Gasteiger partial charge in [0, 0.05) is 32.4 Å². The highest BCUT2D eigenvalue weighted by atomic mass is 16.4. The molecule has 0 spiro atoms. The van der Waals surface area contributed by atoms with Crippen LogP contribution in [0.2, 0.25) is 0 Å². The van der Waals surface area contributed by atoms with Crippen molar-refractivity contribution in [1.82, 2.24) is 14.8 Å². The van der Waals surface area contributed by atoms with E-state index in [4.69, 9.17) is 10.7 Å². The van der Waals surface area contributed by atoms with E-state index < -0.39 is 6.09 Å². The van der Waals surface area contributed by atoms with Gasteiger partial charge in [-0.1, -0.05) is 54.6 Å². The van der Waals surface area contributed by atoms with Crippen LogP contribution in [-0.4, -0.2) is 38.6 Å². The van der Waals surface area contributed by atoms with Gasteiger partial charge in [0.15, 0.2) is 0 Å². The molecule has 1 aliphatic carbocycles. The Balaban J connectivity index is 1.47. The summed E-state index contributed by atoms with van der Waals surface area (Å²) in [7, 11) is 0. The van der Waals surface area contributed by atoms with Crippen LogP contribution in [0.5, 0.6) is 0 Å². The average molecular weight is 457 g/mol. The minimum atomic E-state index is -0.853. The number of fused-ring (bicyclic) bond motifs is 2. The predicted molar refractivity (Wildman–Crippen MR) is 132 cm³/mol. The van der Waals surface area contributed by atoms with E-state index in [0.717, 1.165) is 49.0 Å². The van der Waals surface area contributed by atoms with E-state index in [1.54, 1.807) is 4.90 Å². The van der Waals surface area contributed by atoms with E-state index >= 15 is 0 Å². The van der Waals surface area contributed by atoms with Crippen molar-refractivity contribution >= 4 is 6.09 Å². The number of hydrogen-bond donors (Lipinski definition) is 2. The van der Waals surface area contributed by atoms with Crippen molar-refractivity contribution in [3.05, 3.63) is 100 Å². The third-order valence-electron chi connectivity index (χ3n) is 7.30. The summed E-state index contributed by atoms with van der Waals surface area (Å²) < 4.78 is 0. The van der Waals surface area contributed by atoms with Gasteiger partial charge in [-0.15, -0.1) is 0 Å². The number of aryl methyl sites for hydroxylation is 1. The summed E-state index contributed by atoms with van der Waals surface area (Å²) in [6, 6.07) is 20.9. The van der Waals surface area contributed by atoms with E-state index in [1.807, 2.05) is 30.5 Å². The Bertz CT molecular complexity index is 1150. The lowest BCUT2D eigenvalue weighted by atomic mass is 9.89. The highest BCUT2D eigenvalue weighted by Crippen LogP contribution is 2.35. The minimum absolute atomic E-state index is 0.107. The second-order valence-electron chi connectivity index (χ2n) is 9.44. The molecule has 1 amide bonds. The molecular weight excluding hydrogens is 424 g/mol. The SMILES string of the molecule is NCc1ccc(CN(CC2Cc3ccccc3CN2C(=O)O)C2CCCc3cccnc32)cc1. The maximum absolute atomic E-state index is 12.2. The molecule has 2 heterocycles. The molecule has 0 saturated heterocycles. The standard InChI is InChI=1S/C28H32N4O2/c29-16-20-10-12-21(13-11-20)17-31(26-9-3-7-22-8-4-14-30-27(22)26)19-25-15-23-5-1-2-6-24(23)18-32(25)28(33)34/h1-2,4-6,8,10-14,25-26H,3,7,9,15-19,29H2,(H,33,34). The Morgan fingerprint density at radius 3 is 2.53 bits per heavy atom. The molecule has 2 atom stereocenters. The molecule has 1 aromatic heterocycles. The molecule has 34 heavy (non-hydrogen) atoms. The maximum Gasteiger partial charge on any atom is 0.407 e. The van der Waals surface area contributed by atoms with Crippen molar-refractivity contribution < 1.29 is 9.90 Å². The quantitative estimate of drug-likeness (QED) is 0.570. The fourth-order valence-corrected chi connectivity index (χ4v) is 5.50. The Hall–Kier alpha value is -3.22. The van der Waals surface area contributed by atoms with Gasteiger partial charge in [-0.2, -0.15) is 0 Å². The second-order valence-corrected chi connectivity index (χ2v) is 9.44. The van der Waals surface area contributed by atoms with Gasteiger partial charge >= 0.3 is 6.09 Å². The summed E-state index contributed by atoms with van der Waals surface area (Å²) in [4.78, 5) is 21.1. The molecule has 0 saturated carbocycles. The van der Waals surface area contributed by atoms with Crippen LogP contribution in [0.4, 0.5) is 4.79 Å². The summed E-state index contributed by atoms with van der Waals surface area (Å²) in [5.41, 5.74) is 12.9. The molecule has 6 nitrogen and oxygen atoms in total. The van der Waals surface area contributed by atoms with E-state index in [-0.39, 0.29) is 12.1 Å². The number of nitrogens with zero attached hydrogens (tertiary/aromatic N) is 3. The van der Waals surface area contributed by atoms with Crippen LogP contribution in [0, 0.1) is 0 Å². The van der Waals surface area contributed by atoms with E-state index in [2.05, 4.69) is 41.3 Å². The lowest BCUT2D eigenvalue weighted by molar-refractivity contribution is 0.0755. The highest BCUT2D eigenvalue weighted by molar-refractivity contribution is 5.66. The van der Waals surface area contributed by atoms with Gasteiger partial charge in [0.2, 0.25) is 0 Å². The zero-order valence-corrected chi connectivity index (χ0v) is 19.4. The number of nitrogens with two attached hydrogens (primary N) is 1. The van der Waals surface area contributed by atoms with Crippen molar-refractivity contribution in [2.75, 3.05) is 6.54 Å². The second kappa shape index (κ2) is 9.95. The molecule has 5 rings (SSSR count). The van der Waals surface area contributed by atoms with Crippen LogP contribution < -0.4 is 5.73 Å². The van der Waals surface area contributed by atoms with Gasteiger partial charge in [-0.3, -0.25) is 14.8 Å². The van der Waals surface area contributed by atoms with Crippen LogP contribution in [0.1, 0.15) is 52.4 Å². The van der Waals surface area contributed by atoms with Crippen molar-refractivity contribution in [1.29, 1.82) is 0 Å². The van der Waals surface area contributed by atoms with Gasteiger partial charge in [-0.05, 0) is 59.6 Å². The molecular formula is C28H32N4O2. The number of rotatable bonds is 6. The lowest BCUT2D eigenvalue weighted by Crippen LogP contribution is -2.50. The third kappa shape index (κ3) is 4.69. The molecule has 0 fully saturated rings. The average Bonchev–Trinajstić information content (AvgIpc) is 2.88. The number of pyridine rings is 1. The Kier molecular flexibility index (Phi) is 6.61. The number of carbonyl (C=O) groups is 1. The summed E-state index contributed by atoms with van der Waals surface area (Å²) in [6.45, 7) is 2.38. The van der Waals surface area contributed by atoms with Gasteiger partial charge in [0.1, 0.15) is 0 Å². The summed E-state index contributed by atoms with van der Waals surface area (Å²) in [6.07, 6.45) is 4.95. The summed E-state index contributed by atoms with van der Waals surface area (Å²) in [5.74, 6) is 0. The van der Waals surface area contributed by atoms with Gasteiger partial charge in [0.25, 0.3) is 0 Å². The Labute approximate surface area is 201 Å². The molecule has 3 N–H and O–H groups in total. The zero-order chi connectivity index (χ0) is 23.5. The number of amides is 1. The van der Waals surface area contributed by atoms with Crippen LogP contribution in [0.3, 0.4) is 0 Å². The minimum Gasteiger partial charge on any atom is -0.465 e. The molecule has 1 aliphatic heterocycles. The highest BCUT2D eigenvalue weighted by Gasteiger charge is 2.34. The topological polar surface area (TPSA) is 82.7 Å². The first-order chi connectivity index (χ1) is 16.6. The fraction of sp³-hybridized carbons (Fsp3) is 0.357. The van der Waals surface area contributed by atoms with E-state index in [0.29, 0.717) is 19.6 Å². The molecule has 0 radical (unpaired) electrons.